The van der Waals surface area contributed by atoms with E-state index >= 15 is 0 Å². The van der Waals surface area contributed by atoms with E-state index in [4.69, 9.17) is 4.98 Å². The molecule has 0 spiro atoms. The number of nitrogens with zero attached hydrogens (tertiary/aromatic N) is 4. The molecular formula is C23H29N5OS2. The van der Waals surface area contributed by atoms with Gasteiger partial charge in [-0.15, -0.1) is 10.2 Å². The van der Waals surface area contributed by atoms with Gasteiger partial charge in [-0.05, 0) is 62.0 Å². The van der Waals surface area contributed by atoms with Crippen LogP contribution in [0.15, 0.2) is 39.7 Å². The predicted molar refractivity (Wildman–Crippen MR) is 127 cm³/mol. The summed E-state index contributed by atoms with van der Waals surface area (Å²) in [7, 11) is 0. The van der Waals surface area contributed by atoms with Crippen molar-refractivity contribution in [1.82, 2.24) is 25.4 Å². The minimum atomic E-state index is -0.0470. The van der Waals surface area contributed by atoms with Gasteiger partial charge in [0, 0.05) is 25.0 Å². The first-order chi connectivity index (χ1) is 15.0. The number of aryl methyl sites for hydroxylation is 1. The molecule has 1 aromatic carbocycles. The van der Waals surface area contributed by atoms with Gasteiger partial charge in [0.05, 0.1) is 11.1 Å². The highest BCUT2D eigenvalue weighted by Crippen LogP contribution is 2.31. The van der Waals surface area contributed by atoms with Gasteiger partial charge in [-0.2, -0.15) is 0 Å². The number of likely N-dealkylation sites (tertiary alicyclic amines) is 1. The van der Waals surface area contributed by atoms with Gasteiger partial charge < -0.3 is 10.2 Å². The molecule has 3 heterocycles. The van der Waals surface area contributed by atoms with Gasteiger partial charge in [0.25, 0.3) is 5.91 Å². The standard InChI is InChI=1S/C23H29N5OS2/c1-15-11-16(2)14-28(13-15)10-6-9-24-22(29)19-12-21(31-23-27-26-17(3)30-23)25-20-8-5-4-7-18(19)20/h4-5,7-8,12,15-16H,6,9-11,13-14H2,1-3H3,(H,24,29)/t15-,16-/m0/s1. The van der Waals surface area contributed by atoms with Crippen molar-refractivity contribution in [1.29, 1.82) is 0 Å². The van der Waals surface area contributed by atoms with Crippen molar-refractivity contribution in [2.45, 2.75) is 43.0 Å². The number of para-hydroxylation sites is 1. The van der Waals surface area contributed by atoms with E-state index in [1.54, 1.807) is 0 Å². The van der Waals surface area contributed by atoms with Crippen LogP contribution in [0.3, 0.4) is 0 Å². The Morgan fingerprint density at radius 2 is 2.00 bits per heavy atom. The lowest BCUT2D eigenvalue weighted by molar-refractivity contribution is 0.0948. The minimum absolute atomic E-state index is 0.0470. The Morgan fingerprint density at radius 1 is 1.23 bits per heavy atom. The maximum atomic E-state index is 13.0. The quantitative estimate of drug-likeness (QED) is 0.523. The number of nitrogens with one attached hydrogen (secondary N) is 1. The van der Waals surface area contributed by atoms with Gasteiger partial charge in [-0.3, -0.25) is 4.79 Å². The Labute approximate surface area is 191 Å². The second-order valence-corrected chi connectivity index (χ2v) is 11.0. The molecule has 0 aliphatic carbocycles. The Balaban J connectivity index is 1.41. The number of hydrogen-bond acceptors (Lipinski definition) is 7. The summed E-state index contributed by atoms with van der Waals surface area (Å²) in [6.07, 6.45) is 2.28. The molecule has 0 bridgehead atoms. The van der Waals surface area contributed by atoms with Crippen molar-refractivity contribution in [3.05, 3.63) is 40.9 Å². The molecule has 1 amide bonds. The molecule has 164 valence electrons. The maximum Gasteiger partial charge on any atom is 0.252 e. The lowest BCUT2D eigenvalue weighted by atomic mass is 9.92. The number of aromatic nitrogens is 3. The molecule has 1 fully saturated rings. The van der Waals surface area contributed by atoms with Crippen molar-refractivity contribution in [2.75, 3.05) is 26.2 Å². The van der Waals surface area contributed by atoms with Crippen molar-refractivity contribution < 1.29 is 4.79 Å². The Kier molecular flexibility index (Phi) is 7.20. The molecule has 6 nitrogen and oxygen atoms in total. The summed E-state index contributed by atoms with van der Waals surface area (Å²) in [5, 5.41) is 13.9. The second-order valence-electron chi connectivity index (χ2n) is 8.53. The number of benzene rings is 1. The van der Waals surface area contributed by atoms with Crippen LogP contribution in [0.25, 0.3) is 10.9 Å². The fraction of sp³-hybridized carbons (Fsp3) is 0.478. The number of carbonyl (C=O) groups excluding carboxylic acids is 1. The van der Waals surface area contributed by atoms with E-state index in [1.807, 2.05) is 37.3 Å². The van der Waals surface area contributed by atoms with Crippen molar-refractivity contribution >= 4 is 39.9 Å². The maximum absolute atomic E-state index is 13.0. The first kappa shape index (κ1) is 22.2. The highest BCUT2D eigenvalue weighted by Gasteiger charge is 2.21. The zero-order valence-electron chi connectivity index (χ0n) is 18.3. The second kappa shape index (κ2) is 10.1. The van der Waals surface area contributed by atoms with Crippen molar-refractivity contribution in [3.8, 4) is 0 Å². The van der Waals surface area contributed by atoms with Gasteiger partial charge in [0.1, 0.15) is 10.0 Å². The van der Waals surface area contributed by atoms with Crippen LogP contribution in [-0.4, -0.2) is 52.2 Å². The van der Waals surface area contributed by atoms with Gasteiger partial charge in [0.15, 0.2) is 4.34 Å². The van der Waals surface area contributed by atoms with Crippen molar-refractivity contribution in [2.24, 2.45) is 11.8 Å². The van der Waals surface area contributed by atoms with Crippen LogP contribution in [0.2, 0.25) is 0 Å². The third-order valence-electron chi connectivity index (χ3n) is 5.52. The van der Waals surface area contributed by atoms with E-state index < -0.39 is 0 Å². The molecule has 1 N–H and O–H groups in total. The number of amides is 1. The molecule has 1 aliphatic rings. The Morgan fingerprint density at radius 3 is 2.74 bits per heavy atom. The van der Waals surface area contributed by atoms with E-state index in [2.05, 4.69) is 34.3 Å². The molecule has 1 saturated heterocycles. The number of pyridine rings is 1. The van der Waals surface area contributed by atoms with E-state index in [9.17, 15) is 4.79 Å². The van der Waals surface area contributed by atoms with Gasteiger partial charge in [0.2, 0.25) is 0 Å². The lowest BCUT2D eigenvalue weighted by Gasteiger charge is -2.34. The van der Waals surface area contributed by atoms with Crippen LogP contribution in [-0.2, 0) is 0 Å². The summed E-state index contributed by atoms with van der Waals surface area (Å²) in [6.45, 7) is 10.6. The third kappa shape index (κ3) is 5.81. The number of rotatable bonds is 7. The average molecular weight is 456 g/mol. The molecule has 0 radical (unpaired) electrons. The number of hydrogen-bond donors (Lipinski definition) is 1. The summed E-state index contributed by atoms with van der Waals surface area (Å²) >= 11 is 2.98. The topological polar surface area (TPSA) is 71.0 Å². The Hall–Kier alpha value is -2.03. The molecule has 31 heavy (non-hydrogen) atoms. The first-order valence-electron chi connectivity index (χ1n) is 10.9. The molecule has 2 aromatic heterocycles. The van der Waals surface area contributed by atoms with Crippen molar-refractivity contribution in [3.63, 3.8) is 0 Å². The number of carbonyl (C=O) groups is 1. The van der Waals surface area contributed by atoms with Crippen LogP contribution >= 0.6 is 23.1 Å². The molecule has 2 atom stereocenters. The smallest absolute Gasteiger partial charge is 0.252 e. The monoisotopic (exact) mass is 455 g/mol. The summed E-state index contributed by atoms with van der Waals surface area (Å²) in [5.41, 5.74) is 1.48. The molecule has 4 rings (SSSR count). The van der Waals surface area contributed by atoms with Gasteiger partial charge >= 0.3 is 0 Å². The highest BCUT2D eigenvalue weighted by atomic mass is 32.2. The lowest BCUT2D eigenvalue weighted by Crippen LogP contribution is -2.40. The number of piperidine rings is 1. The van der Waals surface area contributed by atoms with E-state index in [0.717, 1.165) is 50.1 Å². The van der Waals surface area contributed by atoms with E-state index in [-0.39, 0.29) is 5.91 Å². The molecule has 8 heteroatoms. The summed E-state index contributed by atoms with van der Waals surface area (Å²) in [6, 6.07) is 9.66. The molecule has 0 saturated carbocycles. The summed E-state index contributed by atoms with van der Waals surface area (Å²) in [4.78, 5) is 20.3. The molecule has 3 aromatic rings. The van der Waals surface area contributed by atoms with Crippen LogP contribution in [0, 0.1) is 18.8 Å². The third-order valence-corrected chi connectivity index (χ3v) is 7.33. The average Bonchev–Trinajstić information content (AvgIpc) is 3.14. The van der Waals surface area contributed by atoms with Crippen LogP contribution in [0.1, 0.15) is 42.1 Å². The SMILES string of the molecule is Cc1nnc(Sc2cc(C(=O)NCCCN3C[C@@H](C)C[C@H](C)C3)c3ccccc3n2)s1. The largest absolute Gasteiger partial charge is 0.352 e. The highest BCUT2D eigenvalue weighted by molar-refractivity contribution is 8.01. The van der Waals surface area contributed by atoms with Crippen LogP contribution < -0.4 is 5.32 Å². The molecule has 1 aliphatic heterocycles. The van der Waals surface area contributed by atoms with E-state index in [0.29, 0.717) is 12.1 Å². The summed E-state index contributed by atoms with van der Waals surface area (Å²) < 4.78 is 0.830. The van der Waals surface area contributed by atoms with Gasteiger partial charge in [-0.25, -0.2) is 4.98 Å². The fourth-order valence-corrected chi connectivity index (χ4v) is 6.16. The fourth-order valence-electron chi connectivity index (χ4n) is 4.37. The first-order valence-corrected chi connectivity index (χ1v) is 12.5. The van der Waals surface area contributed by atoms with Gasteiger partial charge in [-0.1, -0.05) is 43.4 Å². The normalized spacial score (nSPS) is 19.6. The zero-order chi connectivity index (χ0) is 21.8. The molecular weight excluding hydrogens is 426 g/mol. The minimum Gasteiger partial charge on any atom is -0.352 e. The zero-order valence-corrected chi connectivity index (χ0v) is 19.9. The Bertz CT molecular complexity index is 1040. The van der Waals surface area contributed by atoms with Crippen LogP contribution in [0.5, 0.6) is 0 Å². The predicted octanol–water partition coefficient (Wildman–Crippen LogP) is 4.64. The molecule has 0 unspecified atom stereocenters. The number of fused-ring (bicyclic) bond motifs is 1. The van der Waals surface area contributed by atoms with Crippen LogP contribution in [0.4, 0.5) is 0 Å². The summed E-state index contributed by atoms with van der Waals surface area (Å²) in [5.74, 6) is 1.47. The van der Waals surface area contributed by atoms with E-state index in [1.165, 1.54) is 42.6 Å².